The molecule has 1 aromatic carbocycles. The van der Waals surface area contributed by atoms with Crippen molar-refractivity contribution in [2.75, 3.05) is 26.2 Å². The summed E-state index contributed by atoms with van der Waals surface area (Å²) in [7, 11) is 0. The van der Waals surface area contributed by atoms with Crippen molar-refractivity contribution in [3.8, 4) is 11.4 Å². The molecule has 0 aliphatic carbocycles. The molecule has 156 valence electrons. The Bertz CT molecular complexity index is 834. The Hall–Kier alpha value is -2.70. The number of rotatable bonds is 6. The first-order chi connectivity index (χ1) is 13.8. The predicted molar refractivity (Wildman–Crippen MR) is 110 cm³/mol. The quantitative estimate of drug-likeness (QED) is 0.747. The maximum absolute atomic E-state index is 12.5. The minimum Gasteiger partial charge on any atom is -0.339 e. The molecule has 1 fully saturated rings. The van der Waals surface area contributed by atoms with E-state index in [1.54, 1.807) is 0 Å². The summed E-state index contributed by atoms with van der Waals surface area (Å²) >= 11 is 0. The van der Waals surface area contributed by atoms with Gasteiger partial charge >= 0.3 is 0 Å². The van der Waals surface area contributed by atoms with Gasteiger partial charge in [-0.05, 0) is 11.5 Å². The van der Waals surface area contributed by atoms with Gasteiger partial charge in [0.15, 0.2) is 0 Å². The van der Waals surface area contributed by atoms with Gasteiger partial charge in [-0.2, -0.15) is 4.98 Å². The van der Waals surface area contributed by atoms with Crippen LogP contribution in [0.25, 0.3) is 11.4 Å². The van der Waals surface area contributed by atoms with E-state index in [1.807, 2.05) is 35.8 Å². The molecule has 0 bridgehead atoms. The Morgan fingerprint density at radius 3 is 2.21 bits per heavy atom. The second-order valence-corrected chi connectivity index (χ2v) is 8.15. The molecule has 1 aliphatic heterocycles. The average molecular weight is 399 g/mol. The minimum absolute atomic E-state index is 0.00875. The summed E-state index contributed by atoms with van der Waals surface area (Å²) in [5, 5.41) is 4.04. The molecule has 0 N–H and O–H groups in total. The zero-order valence-electron chi connectivity index (χ0n) is 17.7. The van der Waals surface area contributed by atoms with E-state index in [0.717, 1.165) is 5.56 Å². The smallest absolute Gasteiger partial charge is 0.227 e. The maximum atomic E-state index is 12.5. The van der Waals surface area contributed by atoms with E-state index in [0.29, 0.717) is 56.7 Å². The molecule has 1 aromatic heterocycles. The molecule has 0 radical (unpaired) electrons. The number of aromatic nitrogens is 2. The Labute approximate surface area is 172 Å². The number of piperazine rings is 1. The van der Waals surface area contributed by atoms with Crippen molar-refractivity contribution in [1.29, 1.82) is 0 Å². The van der Waals surface area contributed by atoms with E-state index in [4.69, 9.17) is 4.52 Å². The highest BCUT2D eigenvalue weighted by molar-refractivity contribution is 5.79. The number of carbonyl (C=O) groups is 2. The largest absolute Gasteiger partial charge is 0.339 e. The van der Waals surface area contributed by atoms with Crippen LogP contribution in [0.4, 0.5) is 0 Å². The molecule has 1 saturated heterocycles. The second kappa shape index (κ2) is 9.20. The molecule has 3 rings (SSSR count). The van der Waals surface area contributed by atoms with Gasteiger partial charge in [0.05, 0.1) is 0 Å². The van der Waals surface area contributed by atoms with Gasteiger partial charge in [-0.15, -0.1) is 0 Å². The molecule has 0 unspecified atom stereocenters. The molecule has 0 atom stereocenters. The van der Waals surface area contributed by atoms with Crippen LogP contribution in [0, 0.1) is 5.92 Å². The van der Waals surface area contributed by atoms with E-state index in [1.165, 1.54) is 5.56 Å². The second-order valence-electron chi connectivity index (χ2n) is 8.15. The van der Waals surface area contributed by atoms with E-state index < -0.39 is 0 Å². The molecule has 29 heavy (non-hydrogen) atoms. The summed E-state index contributed by atoms with van der Waals surface area (Å²) in [6.45, 7) is 10.5. The lowest BCUT2D eigenvalue weighted by Crippen LogP contribution is -2.51. The first kappa shape index (κ1) is 21.0. The minimum atomic E-state index is -0.00875. The zero-order chi connectivity index (χ0) is 21.0. The fourth-order valence-electron chi connectivity index (χ4n) is 3.40. The lowest BCUT2D eigenvalue weighted by Gasteiger charge is -2.35. The third kappa shape index (κ3) is 5.22. The Balaban J connectivity index is 1.49. The summed E-state index contributed by atoms with van der Waals surface area (Å²) in [6.07, 6.45) is 0.743. The number of hydrogen-bond acceptors (Lipinski definition) is 5. The summed E-state index contributed by atoms with van der Waals surface area (Å²) in [4.78, 5) is 32.6. The molecule has 0 saturated carbocycles. The van der Waals surface area contributed by atoms with E-state index in [9.17, 15) is 9.59 Å². The van der Waals surface area contributed by atoms with Crippen molar-refractivity contribution in [1.82, 2.24) is 19.9 Å². The van der Waals surface area contributed by atoms with Gasteiger partial charge in [-0.3, -0.25) is 9.59 Å². The number of hydrogen-bond donors (Lipinski definition) is 0. The van der Waals surface area contributed by atoms with Crippen LogP contribution in [0.3, 0.4) is 0 Å². The van der Waals surface area contributed by atoms with Crippen LogP contribution >= 0.6 is 0 Å². The number of benzene rings is 1. The Morgan fingerprint density at radius 1 is 1.00 bits per heavy atom. The zero-order valence-corrected chi connectivity index (χ0v) is 17.7. The van der Waals surface area contributed by atoms with Gasteiger partial charge in [0.2, 0.25) is 23.5 Å². The average Bonchev–Trinajstić information content (AvgIpc) is 3.20. The highest BCUT2D eigenvalue weighted by atomic mass is 16.5. The highest BCUT2D eigenvalue weighted by Gasteiger charge is 2.25. The van der Waals surface area contributed by atoms with E-state index >= 15 is 0 Å². The van der Waals surface area contributed by atoms with Crippen LogP contribution in [-0.2, 0) is 16.0 Å². The van der Waals surface area contributed by atoms with Crippen molar-refractivity contribution in [3.63, 3.8) is 0 Å². The topological polar surface area (TPSA) is 79.5 Å². The van der Waals surface area contributed by atoms with Gasteiger partial charge < -0.3 is 14.3 Å². The molecule has 2 aromatic rings. The third-order valence-electron chi connectivity index (χ3n) is 5.29. The van der Waals surface area contributed by atoms with Gasteiger partial charge in [0.1, 0.15) is 0 Å². The molecule has 7 heteroatoms. The van der Waals surface area contributed by atoms with Crippen molar-refractivity contribution >= 4 is 11.8 Å². The number of carbonyl (C=O) groups excluding carboxylic acids is 2. The molecular weight excluding hydrogens is 368 g/mol. The standard InChI is InChI=1S/C22H30N4O3/c1-15(2)17-5-7-18(8-6-17)21-23-19(29-24-21)9-10-20(27)25-11-13-26(14-12-25)22(28)16(3)4/h5-8,15-16H,9-14H2,1-4H3. The van der Waals surface area contributed by atoms with Crippen molar-refractivity contribution in [2.24, 2.45) is 5.92 Å². The molecule has 2 heterocycles. The van der Waals surface area contributed by atoms with Crippen molar-refractivity contribution in [3.05, 3.63) is 35.7 Å². The summed E-state index contributed by atoms with van der Waals surface area (Å²) in [6, 6.07) is 8.13. The monoisotopic (exact) mass is 398 g/mol. The highest BCUT2D eigenvalue weighted by Crippen LogP contribution is 2.21. The lowest BCUT2D eigenvalue weighted by molar-refractivity contribution is -0.141. The normalized spacial score (nSPS) is 14.7. The third-order valence-corrected chi connectivity index (χ3v) is 5.29. The van der Waals surface area contributed by atoms with Crippen LogP contribution < -0.4 is 0 Å². The van der Waals surface area contributed by atoms with Crippen LogP contribution in [-0.4, -0.2) is 57.9 Å². The van der Waals surface area contributed by atoms with Crippen LogP contribution in [0.1, 0.15) is 51.5 Å². The maximum Gasteiger partial charge on any atom is 0.227 e. The Kier molecular flexibility index (Phi) is 6.67. The summed E-state index contributed by atoms with van der Waals surface area (Å²) < 4.78 is 5.32. The van der Waals surface area contributed by atoms with Gasteiger partial charge in [-0.25, -0.2) is 0 Å². The molecule has 2 amide bonds. The van der Waals surface area contributed by atoms with Gasteiger partial charge in [-0.1, -0.05) is 57.1 Å². The molecule has 1 aliphatic rings. The van der Waals surface area contributed by atoms with E-state index in [-0.39, 0.29) is 17.7 Å². The van der Waals surface area contributed by atoms with Crippen molar-refractivity contribution < 1.29 is 14.1 Å². The SMILES string of the molecule is CC(C)C(=O)N1CCN(C(=O)CCc2nc(-c3ccc(C(C)C)cc3)no2)CC1. The van der Waals surface area contributed by atoms with E-state index in [2.05, 4.69) is 36.1 Å². The fourth-order valence-corrected chi connectivity index (χ4v) is 3.40. The first-order valence-corrected chi connectivity index (χ1v) is 10.3. The summed E-state index contributed by atoms with van der Waals surface area (Å²) in [5.41, 5.74) is 2.17. The fraction of sp³-hybridized carbons (Fsp3) is 0.545. The number of aryl methyl sites for hydroxylation is 1. The summed E-state index contributed by atoms with van der Waals surface area (Å²) in [5.74, 6) is 1.69. The van der Waals surface area contributed by atoms with Gasteiger partial charge in [0.25, 0.3) is 0 Å². The van der Waals surface area contributed by atoms with Crippen LogP contribution in [0.15, 0.2) is 28.8 Å². The molecule has 7 nitrogen and oxygen atoms in total. The first-order valence-electron chi connectivity index (χ1n) is 10.3. The predicted octanol–water partition coefficient (Wildman–Crippen LogP) is 3.12. The number of nitrogens with zero attached hydrogens (tertiary/aromatic N) is 4. The molecule has 0 spiro atoms. The van der Waals surface area contributed by atoms with Crippen LogP contribution in [0.5, 0.6) is 0 Å². The van der Waals surface area contributed by atoms with Crippen LogP contribution in [0.2, 0.25) is 0 Å². The van der Waals surface area contributed by atoms with Gasteiger partial charge in [0, 0.05) is 50.5 Å². The lowest BCUT2D eigenvalue weighted by atomic mass is 10.0. The molecular formula is C22H30N4O3. The Morgan fingerprint density at radius 2 is 1.62 bits per heavy atom. The van der Waals surface area contributed by atoms with Crippen molar-refractivity contribution in [2.45, 2.75) is 46.5 Å². The number of amides is 2.